The van der Waals surface area contributed by atoms with Crippen molar-refractivity contribution in [3.8, 4) is 0 Å². The summed E-state index contributed by atoms with van der Waals surface area (Å²) in [7, 11) is 0. The molecule has 0 saturated heterocycles. The lowest BCUT2D eigenvalue weighted by atomic mass is 9.83. The van der Waals surface area contributed by atoms with Gasteiger partial charge < -0.3 is 10.2 Å². The van der Waals surface area contributed by atoms with E-state index in [0.717, 1.165) is 19.3 Å². The molecule has 0 amide bonds. The zero-order valence-corrected chi connectivity index (χ0v) is 15.0. The average molecular weight is 349 g/mol. The summed E-state index contributed by atoms with van der Waals surface area (Å²) in [4.78, 5) is 10.4. The average Bonchev–Trinajstić information content (AvgIpc) is 3.03. The third-order valence-electron chi connectivity index (χ3n) is 4.77. The number of aliphatic hydroxyl groups excluding tert-OH is 1. The topological polar surface area (TPSA) is 57.5 Å². The number of aliphatic carboxylic acids is 1. The van der Waals surface area contributed by atoms with Crippen LogP contribution >= 0.6 is 11.3 Å². The summed E-state index contributed by atoms with van der Waals surface area (Å²) in [6.07, 6.45) is 16.3. The fraction of sp³-hybridized carbons (Fsp3) is 0.550. The maximum atomic E-state index is 10.4. The van der Waals surface area contributed by atoms with Crippen molar-refractivity contribution in [2.24, 2.45) is 5.92 Å². The molecule has 1 saturated carbocycles. The Balaban J connectivity index is 1.75. The number of carbonyl (C=O) groups is 1. The van der Waals surface area contributed by atoms with Gasteiger partial charge in [0.1, 0.15) is 0 Å². The zero-order valence-electron chi connectivity index (χ0n) is 14.2. The standard InChI is InChI=1S/C20H28O3S/c21-19(16-8-5-3-6-9-16)13-12-18-15-24-14-17(18)10-4-1-2-7-11-20(22)23/h1,4,7,11,14-16,19,21H,2-3,5-6,8-10,12-13H2,(H,22,23)/b4-1?,11-7-/t19-/m0/s1. The second kappa shape index (κ2) is 10.5. The van der Waals surface area contributed by atoms with Crippen LogP contribution in [0.2, 0.25) is 0 Å². The molecule has 4 heteroatoms. The molecule has 1 fully saturated rings. The van der Waals surface area contributed by atoms with Crippen molar-refractivity contribution in [1.82, 2.24) is 0 Å². The minimum Gasteiger partial charge on any atom is -0.478 e. The van der Waals surface area contributed by atoms with Crippen molar-refractivity contribution < 1.29 is 15.0 Å². The minimum absolute atomic E-state index is 0.158. The van der Waals surface area contributed by atoms with Crippen LogP contribution in [-0.4, -0.2) is 22.3 Å². The van der Waals surface area contributed by atoms with Crippen LogP contribution in [0.4, 0.5) is 0 Å². The highest BCUT2D eigenvalue weighted by Crippen LogP contribution is 2.29. The van der Waals surface area contributed by atoms with Crippen LogP contribution in [0.5, 0.6) is 0 Å². The largest absolute Gasteiger partial charge is 0.478 e. The molecule has 1 aliphatic rings. The Morgan fingerprint density at radius 3 is 2.67 bits per heavy atom. The Bertz CT molecular complexity index is 553. The molecule has 0 bridgehead atoms. The minimum atomic E-state index is -0.903. The van der Waals surface area contributed by atoms with E-state index < -0.39 is 5.97 Å². The van der Waals surface area contributed by atoms with Crippen molar-refractivity contribution in [2.75, 3.05) is 0 Å². The fourth-order valence-corrected chi connectivity index (χ4v) is 4.27. The van der Waals surface area contributed by atoms with Gasteiger partial charge in [0.15, 0.2) is 0 Å². The van der Waals surface area contributed by atoms with Gasteiger partial charge in [-0.25, -0.2) is 4.79 Å². The van der Waals surface area contributed by atoms with Crippen LogP contribution in [0.15, 0.2) is 35.1 Å². The number of thiophene rings is 1. The molecule has 0 aromatic carbocycles. The van der Waals surface area contributed by atoms with E-state index in [1.54, 1.807) is 17.4 Å². The second-order valence-electron chi connectivity index (χ2n) is 6.58. The number of hydrogen-bond acceptors (Lipinski definition) is 3. The molecule has 1 heterocycles. The highest BCUT2D eigenvalue weighted by Gasteiger charge is 2.21. The van der Waals surface area contributed by atoms with Crippen LogP contribution in [0.1, 0.15) is 56.1 Å². The van der Waals surface area contributed by atoms with Gasteiger partial charge in [0.05, 0.1) is 6.10 Å². The van der Waals surface area contributed by atoms with Crippen LogP contribution in [-0.2, 0) is 17.6 Å². The molecule has 1 aromatic rings. The summed E-state index contributed by atoms with van der Waals surface area (Å²) in [5, 5.41) is 23.3. The van der Waals surface area contributed by atoms with Gasteiger partial charge in [0, 0.05) is 6.08 Å². The molecule has 0 radical (unpaired) electrons. The van der Waals surface area contributed by atoms with E-state index in [0.29, 0.717) is 12.3 Å². The maximum absolute atomic E-state index is 10.4. The molecule has 2 N–H and O–H groups in total. The van der Waals surface area contributed by atoms with Crippen LogP contribution < -0.4 is 0 Å². The Morgan fingerprint density at radius 2 is 1.92 bits per heavy atom. The molecule has 1 aliphatic carbocycles. The molecule has 0 unspecified atom stereocenters. The summed E-state index contributed by atoms with van der Waals surface area (Å²) < 4.78 is 0. The van der Waals surface area contributed by atoms with Gasteiger partial charge in [-0.15, -0.1) is 0 Å². The van der Waals surface area contributed by atoms with E-state index in [9.17, 15) is 9.90 Å². The number of carboxylic acid groups (broad SMARTS) is 1. The zero-order chi connectivity index (χ0) is 17.2. The lowest BCUT2D eigenvalue weighted by Gasteiger charge is -2.26. The first-order valence-corrected chi connectivity index (χ1v) is 9.87. The lowest BCUT2D eigenvalue weighted by molar-refractivity contribution is -0.131. The monoisotopic (exact) mass is 348 g/mol. The van der Waals surface area contributed by atoms with Crippen molar-refractivity contribution in [2.45, 2.75) is 63.9 Å². The first-order valence-electron chi connectivity index (χ1n) is 8.93. The normalized spacial score (nSPS) is 17.7. The SMILES string of the molecule is O=C(O)/C=C\CC=CCc1cscc1CC[C@H](O)C1CCCCC1. The van der Waals surface area contributed by atoms with E-state index in [-0.39, 0.29) is 6.10 Å². The molecule has 0 aliphatic heterocycles. The molecule has 132 valence electrons. The van der Waals surface area contributed by atoms with Crippen LogP contribution in [0.3, 0.4) is 0 Å². The van der Waals surface area contributed by atoms with Crippen LogP contribution in [0.25, 0.3) is 0 Å². The van der Waals surface area contributed by atoms with E-state index in [2.05, 4.69) is 16.8 Å². The van der Waals surface area contributed by atoms with Gasteiger partial charge in [-0.2, -0.15) is 11.3 Å². The predicted molar refractivity (Wildman–Crippen MR) is 99.5 cm³/mol. The van der Waals surface area contributed by atoms with E-state index in [4.69, 9.17) is 5.11 Å². The highest BCUT2D eigenvalue weighted by molar-refractivity contribution is 7.08. The van der Waals surface area contributed by atoms with Crippen molar-refractivity contribution >= 4 is 17.3 Å². The quantitative estimate of drug-likeness (QED) is 0.500. The van der Waals surface area contributed by atoms with Gasteiger partial charge in [-0.1, -0.05) is 37.5 Å². The summed E-state index contributed by atoms with van der Waals surface area (Å²) in [6.45, 7) is 0. The predicted octanol–water partition coefficient (Wildman–Crippen LogP) is 4.75. The van der Waals surface area contributed by atoms with Gasteiger partial charge in [0.2, 0.25) is 0 Å². The van der Waals surface area contributed by atoms with Crippen molar-refractivity contribution in [3.63, 3.8) is 0 Å². The van der Waals surface area contributed by atoms with E-state index in [1.807, 2.05) is 6.08 Å². The Kier molecular flexibility index (Phi) is 8.26. The summed E-state index contributed by atoms with van der Waals surface area (Å²) in [5.41, 5.74) is 2.68. The summed E-state index contributed by atoms with van der Waals surface area (Å²) in [6, 6.07) is 0. The van der Waals surface area contributed by atoms with Gasteiger partial charge in [-0.3, -0.25) is 0 Å². The highest BCUT2D eigenvalue weighted by atomic mass is 32.1. The molecule has 2 rings (SSSR count). The molecule has 0 spiro atoms. The Hall–Kier alpha value is -1.39. The van der Waals surface area contributed by atoms with Crippen molar-refractivity contribution in [3.05, 3.63) is 46.2 Å². The van der Waals surface area contributed by atoms with E-state index in [1.165, 1.54) is 49.3 Å². The number of allylic oxidation sites excluding steroid dienone is 3. The second-order valence-corrected chi connectivity index (χ2v) is 7.32. The number of aliphatic hydroxyl groups is 1. The molecular formula is C20H28O3S. The van der Waals surface area contributed by atoms with Crippen molar-refractivity contribution in [1.29, 1.82) is 0 Å². The van der Waals surface area contributed by atoms with Gasteiger partial charge in [-0.05, 0) is 66.3 Å². The van der Waals surface area contributed by atoms with Crippen LogP contribution in [0, 0.1) is 5.92 Å². The first kappa shape index (κ1) is 18.9. The fourth-order valence-electron chi connectivity index (χ4n) is 3.36. The lowest BCUT2D eigenvalue weighted by Crippen LogP contribution is -2.23. The van der Waals surface area contributed by atoms with E-state index >= 15 is 0 Å². The first-order chi connectivity index (χ1) is 11.7. The Labute approximate surface area is 148 Å². The van der Waals surface area contributed by atoms with Gasteiger partial charge >= 0.3 is 5.97 Å². The molecule has 24 heavy (non-hydrogen) atoms. The maximum Gasteiger partial charge on any atom is 0.327 e. The van der Waals surface area contributed by atoms with Gasteiger partial charge in [0.25, 0.3) is 0 Å². The molecular weight excluding hydrogens is 320 g/mol. The molecule has 3 nitrogen and oxygen atoms in total. The Morgan fingerprint density at radius 1 is 1.17 bits per heavy atom. The summed E-state index contributed by atoms with van der Waals surface area (Å²) in [5.74, 6) is -0.401. The number of aryl methyl sites for hydroxylation is 1. The number of carboxylic acids is 1. The smallest absolute Gasteiger partial charge is 0.327 e. The third-order valence-corrected chi connectivity index (χ3v) is 5.61. The number of hydrogen-bond donors (Lipinski definition) is 2. The third kappa shape index (κ3) is 6.62. The molecule has 1 aromatic heterocycles. The molecule has 1 atom stereocenters. The summed E-state index contributed by atoms with van der Waals surface area (Å²) >= 11 is 1.72. The number of rotatable bonds is 9.